The molecule has 0 aromatic carbocycles. The lowest BCUT2D eigenvalue weighted by Crippen LogP contribution is -2.73. The lowest BCUT2D eigenvalue weighted by molar-refractivity contribution is -0.00173. The summed E-state index contributed by atoms with van der Waals surface area (Å²) >= 11 is 0. The van der Waals surface area contributed by atoms with Gasteiger partial charge in [-0.2, -0.15) is 0 Å². The largest absolute Gasteiger partial charge is 0.308 e. The van der Waals surface area contributed by atoms with Gasteiger partial charge in [0.15, 0.2) is 0 Å². The van der Waals surface area contributed by atoms with Crippen molar-refractivity contribution in [1.29, 1.82) is 0 Å². The Balaban J connectivity index is 2.11. The number of nitrogens with zero attached hydrogens (tertiary/aromatic N) is 1. The predicted molar refractivity (Wildman–Crippen MR) is 42.0 cm³/mol. The second-order valence-electron chi connectivity index (χ2n) is 3.76. The Morgan fingerprint density at radius 1 is 1.20 bits per heavy atom. The number of piperidine rings is 1. The van der Waals surface area contributed by atoms with Crippen molar-refractivity contribution in [3.63, 3.8) is 0 Å². The average Bonchev–Trinajstić information content (AvgIpc) is 1.78. The summed E-state index contributed by atoms with van der Waals surface area (Å²) in [5.74, 6) is 0. The van der Waals surface area contributed by atoms with E-state index in [-0.39, 0.29) is 0 Å². The van der Waals surface area contributed by atoms with Crippen molar-refractivity contribution in [2.45, 2.75) is 44.4 Å². The van der Waals surface area contributed by atoms with Gasteiger partial charge in [0, 0.05) is 24.2 Å². The van der Waals surface area contributed by atoms with Crippen LogP contribution < -0.4 is 5.32 Å². The lowest BCUT2D eigenvalue weighted by atomic mass is 9.81. The maximum Gasteiger partial charge on any atom is 0.0239 e. The van der Waals surface area contributed by atoms with E-state index in [1.807, 2.05) is 0 Å². The van der Waals surface area contributed by atoms with Gasteiger partial charge in [0.25, 0.3) is 0 Å². The van der Waals surface area contributed by atoms with Gasteiger partial charge >= 0.3 is 0 Å². The molecular weight excluding hydrogens is 124 g/mol. The van der Waals surface area contributed by atoms with Crippen LogP contribution >= 0.6 is 0 Å². The van der Waals surface area contributed by atoms with E-state index in [1.54, 1.807) is 0 Å². The predicted octanol–water partition coefficient (Wildman–Crippen LogP) is 0.439. The van der Waals surface area contributed by atoms with Crippen LogP contribution in [0, 0.1) is 0 Å². The monoisotopic (exact) mass is 140 g/mol. The average molecular weight is 140 g/mol. The van der Waals surface area contributed by atoms with Crippen LogP contribution in [0.15, 0.2) is 0 Å². The molecule has 1 N–H and O–H groups in total. The van der Waals surface area contributed by atoms with Gasteiger partial charge in [-0.25, -0.2) is 0 Å². The highest BCUT2D eigenvalue weighted by molar-refractivity contribution is 5.05. The normalized spacial score (nSPS) is 54.3. The second-order valence-corrected chi connectivity index (χ2v) is 3.76. The number of nitrogens with one attached hydrogen (secondary N) is 1. The summed E-state index contributed by atoms with van der Waals surface area (Å²) in [6.45, 7) is 4.62. The molecular formula is C8H16N2. The van der Waals surface area contributed by atoms with Crippen LogP contribution in [0.1, 0.15) is 20.3 Å². The van der Waals surface area contributed by atoms with E-state index in [9.17, 15) is 0 Å². The minimum absolute atomic E-state index is 0.736. The topological polar surface area (TPSA) is 15.3 Å². The molecule has 3 fully saturated rings. The van der Waals surface area contributed by atoms with Crippen LogP contribution in [0.4, 0.5) is 0 Å². The van der Waals surface area contributed by atoms with Crippen LogP contribution in [0.2, 0.25) is 0 Å². The Kier molecular flexibility index (Phi) is 1.29. The number of fused-ring (bicyclic) bond motifs is 2. The summed E-state index contributed by atoms with van der Waals surface area (Å²) in [4.78, 5) is 2.48. The van der Waals surface area contributed by atoms with Crippen molar-refractivity contribution in [3.05, 3.63) is 0 Å². The first-order valence-electron chi connectivity index (χ1n) is 4.18. The molecule has 3 heterocycles. The maximum atomic E-state index is 3.57. The maximum absolute atomic E-state index is 3.57. The molecule has 3 aliphatic rings. The van der Waals surface area contributed by atoms with E-state index in [2.05, 4.69) is 31.1 Å². The molecule has 3 rings (SSSR count). The number of hydrogen-bond donors (Lipinski definition) is 1. The summed E-state index contributed by atoms with van der Waals surface area (Å²) in [6.07, 6.45) is 1.40. The first-order chi connectivity index (χ1) is 4.70. The molecule has 0 amide bonds. The zero-order valence-electron chi connectivity index (χ0n) is 6.96. The fraction of sp³-hybridized carbons (Fsp3) is 1.00. The fourth-order valence-electron chi connectivity index (χ4n) is 2.14. The second kappa shape index (κ2) is 1.95. The molecule has 3 aliphatic heterocycles. The Morgan fingerprint density at radius 3 is 1.90 bits per heavy atom. The summed E-state index contributed by atoms with van der Waals surface area (Å²) in [7, 11) is 2.23. The van der Waals surface area contributed by atoms with Crippen molar-refractivity contribution in [1.82, 2.24) is 10.2 Å². The molecule has 0 radical (unpaired) electrons. The Bertz CT molecular complexity index is 122. The van der Waals surface area contributed by atoms with Gasteiger partial charge in [-0.3, -0.25) is 4.90 Å². The number of hydrogen-bond acceptors (Lipinski definition) is 2. The zero-order chi connectivity index (χ0) is 7.30. The third-order valence-electron chi connectivity index (χ3n) is 3.39. The van der Waals surface area contributed by atoms with E-state index in [0.717, 1.165) is 24.2 Å². The van der Waals surface area contributed by atoms with Crippen LogP contribution in [0.5, 0.6) is 0 Å². The van der Waals surface area contributed by atoms with Crippen LogP contribution in [0.3, 0.4) is 0 Å². The molecule has 4 atom stereocenters. The first kappa shape index (κ1) is 6.62. The van der Waals surface area contributed by atoms with Crippen LogP contribution in [0.25, 0.3) is 0 Å². The third-order valence-corrected chi connectivity index (χ3v) is 3.39. The molecule has 0 aromatic heterocycles. The van der Waals surface area contributed by atoms with Gasteiger partial charge < -0.3 is 5.32 Å². The fourth-order valence-corrected chi connectivity index (χ4v) is 2.14. The molecule has 2 heteroatoms. The van der Waals surface area contributed by atoms with E-state index >= 15 is 0 Å². The highest BCUT2D eigenvalue weighted by Crippen LogP contribution is 2.29. The van der Waals surface area contributed by atoms with Gasteiger partial charge in [-0.1, -0.05) is 0 Å². The number of rotatable bonds is 0. The molecule has 10 heavy (non-hydrogen) atoms. The molecule has 2 nitrogen and oxygen atoms in total. The van der Waals surface area contributed by atoms with Gasteiger partial charge in [-0.15, -0.1) is 0 Å². The van der Waals surface area contributed by atoms with Crippen molar-refractivity contribution >= 4 is 0 Å². The summed E-state index contributed by atoms with van der Waals surface area (Å²) < 4.78 is 0. The zero-order valence-corrected chi connectivity index (χ0v) is 6.96. The van der Waals surface area contributed by atoms with Crippen LogP contribution in [-0.2, 0) is 0 Å². The highest BCUT2D eigenvalue weighted by Gasteiger charge is 2.44. The van der Waals surface area contributed by atoms with Crippen molar-refractivity contribution in [3.8, 4) is 0 Å². The van der Waals surface area contributed by atoms with E-state index in [1.165, 1.54) is 6.42 Å². The minimum atomic E-state index is 0.736. The van der Waals surface area contributed by atoms with Crippen molar-refractivity contribution in [2.75, 3.05) is 7.05 Å². The highest BCUT2D eigenvalue weighted by atomic mass is 15.3. The van der Waals surface area contributed by atoms with Crippen molar-refractivity contribution < 1.29 is 0 Å². The van der Waals surface area contributed by atoms with Gasteiger partial charge in [-0.05, 0) is 27.3 Å². The Labute approximate surface area is 62.6 Å². The molecule has 0 spiro atoms. The molecule has 3 saturated heterocycles. The molecule has 2 bridgehead atoms. The van der Waals surface area contributed by atoms with E-state index in [0.29, 0.717) is 0 Å². The number of likely N-dealkylation sites (N-methyl/N-ethyl adjacent to an activating group) is 1. The standard InChI is InChI=1S/C8H16N2/c1-5-7-4-8(9-7)6(2)10(5)3/h5-9H,4H2,1-3H3. The third kappa shape index (κ3) is 0.663. The molecule has 4 unspecified atom stereocenters. The van der Waals surface area contributed by atoms with Gasteiger partial charge in [0.05, 0.1) is 0 Å². The molecule has 0 saturated carbocycles. The van der Waals surface area contributed by atoms with E-state index in [4.69, 9.17) is 0 Å². The quantitative estimate of drug-likeness (QED) is 0.525. The molecule has 0 aliphatic carbocycles. The minimum Gasteiger partial charge on any atom is -0.308 e. The smallest absolute Gasteiger partial charge is 0.0239 e. The molecule has 58 valence electrons. The van der Waals surface area contributed by atoms with Crippen LogP contribution in [-0.4, -0.2) is 36.1 Å². The Morgan fingerprint density at radius 2 is 1.60 bits per heavy atom. The SMILES string of the molecule is CC1C2CC(N2)C(C)N1C. The van der Waals surface area contributed by atoms with E-state index < -0.39 is 0 Å². The van der Waals surface area contributed by atoms with Gasteiger partial charge in [0.1, 0.15) is 0 Å². The summed E-state index contributed by atoms with van der Waals surface area (Å²) in [5, 5.41) is 3.57. The van der Waals surface area contributed by atoms with Crippen molar-refractivity contribution in [2.24, 2.45) is 0 Å². The molecule has 0 aromatic rings. The summed E-state index contributed by atoms with van der Waals surface area (Å²) in [5.41, 5.74) is 0. The summed E-state index contributed by atoms with van der Waals surface area (Å²) in [6, 6.07) is 3.04. The lowest BCUT2D eigenvalue weighted by Gasteiger charge is -2.55. The number of piperazine rings is 1. The van der Waals surface area contributed by atoms with Gasteiger partial charge in [0.2, 0.25) is 0 Å². The first-order valence-corrected chi connectivity index (χ1v) is 4.18. The Hall–Kier alpha value is -0.0800.